The summed E-state index contributed by atoms with van der Waals surface area (Å²) < 4.78 is 37.4. The highest BCUT2D eigenvalue weighted by atomic mass is 19.4. The second-order valence-corrected chi connectivity index (χ2v) is 9.10. The standard InChI is InChI=1S/C26H31F3N4O2/c27-26(28,29)19-30-25(35)22-12-7-13-33(22)18-23(34)31-14-16-32(17-15-31)24(20-8-3-1-4-9-20)21-10-5-2-6-11-21/h1-6,8-11,22,24H,7,12-19H2,(H,30,35). The number of halogens is 3. The Labute approximate surface area is 203 Å². The topological polar surface area (TPSA) is 55.9 Å². The summed E-state index contributed by atoms with van der Waals surface area (Å²) in [5.74, 6) is -0.748. The van der Waals surface area contributed by atoms with Gasteiger partial charge >= 0.3 is 6.18 Å². The summed E-state index contributed by atoms with van der Waals surface area (Å²) in [4.78, 5) is 31.1. The van der Waals surface area contributed by atoms with Crippen LogP contribution in [-0.4, -0.2) is 84.5 Å². The first-order chi connectivity index (χ1) is 16.8. The van der Waals surface area contributed by atoms with Gasteiger partial charge in [0.1, 0.15) is 6.54 Å². The summed E-state index contributed by atoms with van der Waals surface area (Å²) in [7, 11) is 0. The zero-order valence-corrected chi connectivity index (χ0v) is 19.6. The van der Waals surface area contributed by atoms with Gasteiger partial charge in [-0.15, -0.1) is 0 Å². The molecular weight excluding hydrogens is 457 g/mol. The van der Waals surface area contributed by atoms with Crippen LogP contribution in [0.1, 0.15) is 30.0 Å². The molecular formula is C26H31F3N4O2. The predicted molar refractivity (Wildman–Crippen MR) is 127 cm³/mol. The van der Waals surface area contributed by atoms with Crippen molar-refractivity contribution in [2.24, 2.45) is 0 Å². The van der Waals surface area contributed by atoms with Gasteiger partial charge < -0.3 is 10.2 Å². The Hall–Kier alpha value is -2.91. The molecule has 4 rings (SSSR count). The maximum atomic E-state index is 13.0. The SMILES string of the molecule is O=C(NCC(F)(F)F)C1CCCN1CC(=O)N1CCN(C(c2ccccc2)c2ccccc2)CC1. The van der Waals surface area contributed by atoms with Crippen LogP contribution in [0.3, 0.4) is 0 Å². The van der Waals surface area contributed by atoms with Gasteiger partial charge in [0.2, 0.25) is 11.8 Å². The van der Waals surface area contributed by atoms with Crippen molar-refractivity contribution in [3.05, 3.63) is 71.8 Å². The van der Waals surface area contributed by atoms with Gasteiger partial charge in [0.25, 0.3) is 0 Å². The van der Waals surface area contributed by atoms with Gasteiger partial charge in [-0.1, -0.05) is 60.7 Å². The van der Waals surface area contributed by atoms with Gasteiger partial charge in [-0.2, -0.15) is 13.2 Å². The number of alkyl halides is 3. The third kappa shape index (κ3) is 6.61. The fraction of sp³-hybridized carbons (Fsp3) is 0.462. The minimum Gasteiger partial charge on any atom is -0.346 e. The number of carbonyl (C=O) groups is 2. The van der Waals surface area contributed by atoms with Gasteiger partial charge in [0.15, 0.2) is 0 Å². The van der Waals surface area contributed by atoms with Crippen molar-refractivity contribution in [2.75, 3.05) is 45.8 Å². The highest BCUT2D eigenvalue weighted by Gasteiger charge is 2.36. The van der Waals surface area contributed by atoms with Crippen LogP contribution in [0, 0.1) is 0 Å². The molecule has 1 atom stereocenters. The molecule has 2 fully saturated rings. The highest BCUT2D eigenvalue weighted by Crippen LogP contribution is 2.29. The van der Waals surface area contributed by atoms with Gasteiger partial charge in [-0.05, 0) is 30.5 Å². The molecule has 0 aliphatic carbocycles. The second kappa shape index (κ2) is 11.2. The van der Waals surface area contributed by atoms with Crippen molar-refractivity contribution in [2.45, 2.75) is 31.1 Å². The molecule has 2 aromatic carbocycles. The fourth-order valence-corrected chi connectivity index (χ4v) is 5.01. The summed E-state index contributed by atoms with van der Waals surface area (Å²) >= 11 is 0. The number of carbonyl (C=O) groups excluding carboxylic acids is 2. The van der Waals surface area contributed by atoms with E-state index in [4.69, 9.17) is 0 Å². The monoisotopic (exact) mass is 488 g/mol. The van der Waals surface area contributed by atoms with Gasteiger partial charge in [-0.25, -0.2) is 0 Å². The number of likely N-dealkylation sites (tertiary alicyclic amines) is 1. The van der Waals surface area contributed by atoms with E-state index in [-0.39, 0.29) is 18.5 Å². The van der Waals surface area contributed by atoms with E-state index in [1.54, 1.807) is 9.80 Å². The fourth-order valence-electron chi connectivity index (χ4n) is 5.01. The molecule has 9 heteroatoms. The molecule has 2 aromatic rings. The number of amides is 2. The Bertz CT molecular complexity index is 940. The first kappa shape index (κ1) is 25.2. The molecule has 0 spiro atoms. The van der Waals surface area contributed by atoms with Gasteiger partial charge in [0, 0.05) is 26.2 Å². The molecule has 0 saturated carbocycles. The molecule has 1 N–H and O–H groups in total. The Balaban J connectivity index is 1.34. The summed E-state index contributed by atoms with van der Waals surface area (Å²) in [5, 5.41) is 1.96. The normalized spacial score (nSPS) is 19.8. The van der Waals surface area contributed by atoms with Crippen molar-refractivity contribution >= 4 is 11.8 Å². The van der Waals surface area contributed by atoms with Gasteiger partial charge in [0.05, 0.1) is 18.6 Å². The molecule has 0 radical (unpaired) electrons. The number of benzene rings is 2. The predicted octanol–water partition coefficient (Wildman–Crippen LogP) is 3.06. The second-order valence-electron chi connectivity index (χ2n) is 9.10. The number of nitrogens with zero attached hydrogens (tertiary/aromatic N) is 3. The van der Waals surface area contributed by atoms with Crippen LogP contribution < -0.4 is 5.32 Å². The third-order valence-corrected chi connectivity index (χ3v) is 6.73. The van der Waals surface area contributed by atoms with Crippen molar-refractivity contribution < 1.29 is 22.8 Å². The van der Waals surface area contributed by atoms with E-state index >= 15 is 0 Å². The molecule has 2 aliphatic heterocycles. The zero-order valence-electron chi connectivity index (χ0n) is 19.6. The van der Waals surface area contributed by atoms with Crippen molar-refractivity contribution in [3.63, 3.8) is 0 Å². The van der Waals surface area contributed by atoms with Gasteiger partial charge in [-0.3, -0.25) is 19.4 Å². The summed E-state index contributed by atoms with van der Waals surface area (Å²) in [6.07, 6.45) is -3.31. The van der Waals surface area contributed by atoms with E-state index in [2.05, 4.69) is 29.2 Å². The number of hydrogen-bond acceptors (Lipinski definition) is 4. The van der Waals surface area contributed by atoms with Crippen molar-refractivity contribution in [3.8, 4) is 0 Å². The number of nitrogens with one attached hydrogen (secondary N) is 1. The van der Waals surface area contributed by atoms with E-state index in [0.29, 0.717) is 45.6 Å². The van der Waals surface area contributed by atoms with Crippen molar-refractivity contribution in [1.29, 1.82) is 0 Å². The molecule has 2 aliphatic rings. The molecule has 0 aromatic heterocycles. The summed E-state index contributed by atoms with van der Waals surface area (Å²) in [6.45, 7) is 1.76. The Kier molecular flexibility index (Phi) is 8.07. The molecule has 2 heterocycles. The largest absolute Gasteiger partial charge is 0.405 e. The van der Waals surface area contributed by atoms with Crippen LogP contribution >= 0.6 is 0 Å². The Morgan fingerprint density at radius 3 is 2.00 bits per heavy atom. The molecule has 2 amide bonds. The lowest BCUT2D eigenvalue weighted by Crippen LogP contribution is -2.53. The summed E-state index contributed by atoms with van der Waals surface area (Å²) in [6, 6.07) is 20.0. The van der Waals surface area contributed by atoms with Crippen LogP contribution in [0.5, 0.6) is 0 Å². The van der Waals surface area contributed by atoms with Crippen LogP contribution in [0.25, 0.3) is 0 Å². The van der Waals surface area contributed by atoms with E-state index < -0.39 is 24.7 Å². The first-order valence-electron chi connectivity index (χ1n) is 12.0. The van der Waals surface area contributed by atoms with Crippen LogP contribution in [0.2, 0.25) is 0 Å². The number of hydrogen-bond donors (Lipinski definition) is 1. The quantitative estimate of drug-likeness (QED) is 0.651. The maximum Gasteiger partial charge on any atom is 0.405 e. The lowest BCUT2D eigenvalue weighted by Gasteiger charge is -2.40. The lowest BCUT2D eigenvalue weighted by atomic mass is 9.96. The minimum absolute atomic E-state index is 0.0465. The molecule has 6 nitrogen and oxygen atoms in total. The zero-order chi connectivity index (χ0) is 24.8. The molecule has 2 saturated heterocycles. The smallest absolute Gasteiger partial charge is 0.346 e. The average molecular weight is 489 g/mol. The molecule has 0 bridgehead atoms. The van der Waals surface area contributed by atoms with E-state index in [1.165, 1.54) is 11.1 Å². The Morgan fingerprint density at radius 2 is 1.46 bits per heavy atom. The molecule has 1 unspecified atom stereocenters. The molecule has 35 heavy (non-hydrogen) atoms. The average Bonchev–Trinajstić information content (AvgIpc) is 3.32. The lowest BCUT2D eigenvalue weighted by molar-refractivity contribution is -0.142. The minimum atomic E-state index is -4.45. The highest BCUT2D eigenvalue weighted by molar-refractivity contribution is 5.84. The molecule has 188 valence electrons. The van der Waals surface area contributed by atoms with E-state index in [9.17, 15) is 22.8 Å². The van der Waals surface area contributed by atoms with Crippen LogP contribution in [0.15, 0.2) is 60.7 Å². The van der Waals surface area contributed by atoms with E-state index in [0.717, 1.165) is 0 Å². The number of piperazine rings is 1. The van der Waals surface area contributed by atoms with Crippen LogP contribution in [-0.2, 0) is 9.59 Å². The Morgan fingerprint density at radius 1 is 0.886 bits per heavy atom. The van der Waals surface area contributed by atoms with Crippen LogP contribution in [0.4, 0.5) is 13.2 Å². The van der Waals surface area contributed by atoms with Crippen molar-refractivity contribution in [1.82, 2.24) is 20.0 Å². The van der Waals surface area contributed by atoms with E-state index in [1.807, 2.05) is 41.7 Å². The number of rotatable bonds is 7. The summed E-state index contributed by atoms with van der Waals surface area (Å²) in [5.41, 5.74) is 2.39. The first-order valence-corrected chi connectivity index (χ1v) is 12.0. The third-order valence-electron chi connectivity index (χ3n) is 6.73. The maximum absolute atomic E-state index is 13.0.